The second kappa shape index (κ2) is 14.3. The van der Waals surface area contributed by atoms with Crippen LogP contribution in [-0.2, 0) is 23.8 Å². The Labute approximate surface area is 198 Å². The molecule has 4 rings (SSSR count). The van der Waals surface area contributed by atoms with Crippen molar-refractivity contribution in [1.29, 1.82) is 0 Å². The van der Waals surface area contributed by atoms with Gasteiger partial charge in [0.2, 0.25) is 0 Å². The molecule has 0 aliphatic rings. The smallest absolute Gasteiger partial charge is 0.102 e. The minimum absolute atomic E-state index is 0.0830. The van der Waals surface area contributed by atoms with Gasteiger partial charge in [-0.25, -0.2) is 0 Å². The first-order chi connectivity index (χ1) is 14.8. The van der Waals surface area contributed by atoms with E-state index in [1.165, 1.54) is 15.9 Å². The molecule has 4 aromatic rings. The average molecular weight is 571 g/mol. The van der Waals surface area contributed by atoms with Crippen molar-refractivity contribution >= 4 is 37.3 Å². The number of benzene rings is 4. The van der Waals surface area contributed by atoms with Crippen LogP contribution in [0.5, 0.6) is 0 Å². The molecule has 0 aliphatic carbocycles. The van der Waals surface area contributed by atoms with Crippen molar-refractivity contribution in [2.45, 2.75) is 6.61 Å². The van der Waals surface area contributed by atoms with Gasteiger partial charge in [0.15, 0.2) is 0 Å². The van der Waals surface area contributed by atoms with E-state index in [-0.39, 0.29) is 6.61 Å². The molecule has 0 saturated heterocycles. The maximum atomic E-state index is 8.68. The normalized spacial score (nSPS) is 9.77. The molecule has 0 radical (unpaired) electrons. The summed E-state index contributed by atoms with van der Waals surface area (Å²) >= 11 is 5.35. The van der Waals surface area contributed by atoms with E-state index in [9.17, 15) is 0 Å². The first-order valence-corrected chi connectivity index (χ1v) is 14.5. The molecule has 0 unspecified atom stereocenters. The first kappa shape index (κ1) is 24.6. The summed E-state index contributed by atoms with van der Waals surface area (Å²) in [4.78, 5) is 0. The molecule has 0 spiro atoms. The number of hydrogen-bond acceptors (Lipinski definition) is 1. The standard InChI is InChI=1S/C18H15P.C8H9O.BrH.Pd/c1-4-10-16(11-5-1)19(17-12-6-2-7-13-17)18-14-8-3-9-15-18;1-7-4-2-3-5-8(7)6-9;;/h1-15H;2-5,9H,1,6H2;1H;/q;-1;;+2. The van der Waals surface area contributed by atoms with Crippen LogP contribution in [-0.4, -0.2) is 5.11 Å². The van der Waals surface area contributed by atoms with Gasteiger partial charge in [0.1, 0.15) is 15.9 Å². The predicted octanol–water partition coefficient (Wildman–Crippen LogP) is 5.38. The zero-order valence-corrected chi connectivity index (χ0v) is 20.7. The van der Waals surface area contributed by atoms with E-state index < -0.39 is 7.92 Å². The monoisotopic (exact) mass is 569 g/mol. The van der Waals surface area contributed by atoms with E-state index in [1.54, 1.807) is 0 Å². The third kappa shape index (κ3) is 7.51. The van der Waals surface area contributed by atoms with Gasteiger partial charge in [-0.2, -0.15) is 18.6 Å². The predicted molar refractivity (Wildman–Crippen MR) is 132 cm³/mol. The van der Waals surface area contributed by atoms with Crippen molar-refractivity contribution in [3.63, 3.8) is 0 Å². The number of aliphatic hydroxyl groups is 1. The summed E-state index contributed by atoms with van der Waals surface area (Å²) in [5, 5.41) is 13.0. The summed E-state index contributed by atoms with van der Waals surface area (Å²) in [6.45, 7) is 3.81. The Bertz CT molecular complexity index is 872. The molecule has 0 heterocycles. The van der Waals surface area contributed by atoms with E-state index in [0.717, 1.165) is 11.1 Å². The summed E-state index contributed by atoms with van der Waals surface area (Å²) in [7, 11) is -0.877. The summed E-state index contributed by atoms with van der Waals surface area (Å²) in [6, 6.07) is 40.0. The molecule has 0 bridgehead atoms. The quantitative estimate of drug-likeness (QED) is 0.199. The van der Waals surface area contributed by atoms with Crippen LogP contribution in [0.2, 0.25) is 0 Å². The van der Waals surface area contributed by atoms with Crippen molar-refractivity contribution in [3.8, 4) is 0 Å². The number of halogens is 1. The van der Waals surface area contributed by atoms with Crippen molar-refractivity contribution in [3.05, 3.63) is 133 Å². The third-order valence-corrected chi connectivity index (χ3v) is 7.21. The maximum Gasteiger partial charge on any atom is 0.102 e. The van der Waals surface area contributed by atoms with Gasteiger partial charge in [-0.15, -0.1) is 17.7 Å². The van der Waals surface area contributed by atoms with Crippen LogP contribution in [0.3, 0.4) is 0 Å². The number of rotatable bonds is 4. The summed E-state index contributed by atoms with van der Waals surface area (Å²) in [6.07, 6.45) is 0. The van der Waals surface area contributed by atoms with Crippen molar-refractivity contribution < 1.29 is 22.3 Å². The Morgan fingerprint density at radius 2 is 0.933 bits per heavy atom. The Balaban J connectivity index is 0.000000245. The molecular weight excluding hydrogens is 546 g/mol. The van der Waals surface area contributed by atoms with Gasteiger partial charge in [0, 0.05) is 6.61 Å². The average Bonchev–Trinajstić information content (AvgIpc) is 2.83. The molecule has 0 fully saturated rings. The van der Waals surface area contributed by atoms with Gasteiger partial charge in [0.25, 0.3) is 0 Å². The summed E-state index contributed by atoms with van der Waals surface area (Å²) in [5.41, 5.74) is 1.80. The molecule has 4 aromatic carbocycles. The van der Waals surface area contributed by atoms with Crippen LogP contribution in [0.4, 0.5) is 0 Å². The molecule has 0 aliphatic heterocycles. The maximum absolute atomic E-state index is 8.68. The van der Waals surface area contributed by atoms with Crippen molar-refractivity contribution in [1.82, 2.24) is 0 Å². The van der Waals surface area contributed by atoms with Gasteiger partial charge >= 0.3 is 30.6 Å². The minimum Gasteiger partial charge on any atom is -0.404 e. The second-order valence-electron chi connectivity index (χ2n) is 6.40. The van der Waals surface area contributed by atoms with E-state index in [2.05, 4.69) is 129 Å². The van der Waals surface area contributed by atoms with Crippen LogP contribution in [0.25, 0.3) is 0 Å². The molecule has 0 amide bonds. The van der Waals surface area contributed by atoms with Gasteiger partial charge in [-0.3, -0.25) is 0 Å². The fourth-order valence-electron chi connectivity index (χ4n) is 3.03. The van der Waals surface area contributed by atoms with E-state index in [0.29, 0.717) is 0 Å². The summed E-state index contributed by atoms with van der Waals surface area (Å²) in [5.74, 6) is 0. The van der Waals surface area contributed by atoms with E-state index in [4.69, 9.17) is 5.11 Å². The molecule has 0 aromatic heterocycles. The molecule has 1 N–H and O–H groups in total. The Morgan fingerprint density at radius 3 is 1.23 bits per heavy atom. The van der Waals surface area contributed by atoms with Crippen LogP contribution in [0, 0.1) is 6.92 Å². The van der Waals surface area contributed by atoms with Crippen LogP contribution in [0.15, 0.2) is 115 Å². The van der Waals surface area contributed by atoms with Crippen molar-refractivity contribution in [2.75, 3.05) is 0 Å². The largest absolute Gasteiger partial charge is 0.404 e. The third-order valence-electron chi connectivity index (χ3n) is 4.48. The molecule has 0 atom stereocenters. The van der Waals surface area contributed by atoms with Gasteiger partial charge < -0.3 is 5.11 Å². The van der Waals surface area contributed by atoms with Gasteiger partial charge in [-0.1, -0.05) is 60.7 Å². The van der Waals surface area contributed by atoms with Crippen molar-refractivity contribution in [2.24, 2.45) is 0 Å². The Morgan fingerprint density at radius 1 is 0.600 bits per heavy atom. The molecular formula is C26H25BrOPPd+. The Kier molecular flexibility index (Phi) is 11.7. The van der Waals surface area contributed by atoms with Gasteiger partial charge in [0.05, 0.1) is 7.92 Å². The molecule has 0 saturated carbocycles. The van der Waals surface area contributed by atoms with Crippen LogP contribution < -0.4 is 15.9 Å². The van der Waals surface area contributed by atoms with Gasteiger partial charge in [-0.05, 0) is 36.4 Å². The molecule has 1 nitrogen and oxygen atoms in total. The van der Waals surface area contributed by atoms with Crippen LogP contribution >= 0.6 is 21.4 Å². The Hall–Kier alpha value is -1.72. The first-order valence-electron chi connectivity index (χ1n) is 9.45. The zero-order chi connectivity index (χ0) is 21.6. The second-order valence-corrected chi connectivity index (χ2v) is 8.88. The number of hydrogen-bond donors (Lipinski definition) is 1. The molecule has 30 heavy (non-hydrogen) atoms. The van der Waals surface area contributed by atoms with E-state index in [1.807, 2.05) is 24.3 Å². The number of aliphatic hydroxyl groups excluding tert-OH is 1. The van der Waals surface area contributed by atoms with Crippen LogP contribution in [0.1, 0.15) is 11.1 Å². The fourth-order valence-corrected chi connectivity index (χ4v) is 5.60. The minimum atomic E-state index is -0.877. The molecule has 156 valence electrons. The summed E-state index contributed by atoms with van der Waals surface area (Å²) < 4.78 is 0. The SMILES string of the molecule is [Br][Pd+].[CH2-]c1ccccc1CO.c1ccc([PH+](c2ccccc2)c2ccccc2)cc1. The zero-order valence-electron chi connectivity index (χ0n) is 16.5. The fraction of sp³-hybridized carbons (Fsp3) is 0.0385. The molecule has 4 heteroatoms. The topological polar surface area (TPSA) is 20.2 Å². The van der Waals surface area contributed by atoms with E-state index >= 15 is 0 Å².